The molecule has 0 aromatic carbocycles. The van der Waals surface area contributed by atoms with Gasteiger partial charge >= 0.3 is 0 Å². The van der Waals surface area contributed by atoms with Gasteiger partial charge in [0.2, 0.25) is 5.91 Å². The molecule has 2 aromatic rings. The lowest BCUT2D eigenvalue weighted by Gasteiger charge is -2.20. The molecular formula is C17H22ClN5OS. The number of thioether (sulfide) groups is 1. The van der Waals surface area contributed by atoms with Gasteiger partial charge in [0.25, 0.3) is 0 Å². The summed E-state index contributed by atoms with van der Waals surface area (Å²) in [6.45, 7) is 6.34. The number of nitrogens with one attached hydrogen (secondary N) is 1. The minimum absolute atomic E-state index is 0.0612. The molecule has 25 heavy (non-hydrogen) atoms. The number of aromatic nitrogens is 3. The lowest BCUT2D eigenvalue weighted by molar-refractivity contribution is -0.118. The van der Waals surface area contributed by atoms with E-state index in [0.717, 1.165) is 24.6 Å². The van der Waals surface area contributed by atoms with E-state index in [2.05, 4.69) is 39.0 Å². The molecule has 1 amide bonds. The SMILES string of the molecule is CCN(CC)c1cc(Cl)nc(SCC(=O)NCCc2ccccn2)n1. The first-order valence-corrected chi connectivity index (χ1v) is 9.57. The summed E-state index contributed by atoms with van der Waals surface area (Å²) < 4.78 is 0. The van der Waals surface area contributed by atoms with Gasteiger partial charge in [0.15, 0.2) is 5.16 Å². The van der Waals surface area contributed by atoms with Gasteiger partial charge in [-0.05, 0) is 26.0 Å². The Bertz CT molecular complexity index is 682. The van der Waals surface area contributed by atoms with E-state index in [4.69, 9.17) is 11.6 Å². The third kappa shape index (κ3) is 6.51. The number of pyridine rings is 1. The summed E-state index contributed by atoms with van der Waals surface area (Å²) in [5.41, 5.74) is 0.956. The fourth-order valence-corrected chi connectivity index (χ4v) is 3.13. The van der Waals surface area contributed by atoms with Gasteiger partial charge in [-0.2, -0.15) is 0 Å². The quantitative estimate of drug-likeness (QED) is 0.410. The van der Waals surface area contributed by atoms with Crippen molar-refractivity contribution in [1.82, 2.24) is 20.3 Å². The van der Waals surface area contributed by atoms with Crippen LogP contribution in [0.4, 0.5) is 5.82 Å². The monoisotopic (exact) mass is 379 g/mol. The summed E-state index contributed by atoms with van der Waals surface area (Å²) in [4.78, 5) is 26.9. The number of carbonyl (C=O) groups is 1. The number of rotatable bonds is 9. The van der Waals surface area contributed by atoms with Gasteiger partial charge in [-0.3, -0.25) is 9.78 Å². The molecule has 2 heterocycles. The van der Waals surface area contributed by atoms with Gasteiger partial charge in [0.05, 0.1) is 5.75 Å². The maximum Gasteiger partial charge on any atom is 0.230 e. The first-order chi connectivity index (χ1) is 12.1. The van der Waals surface area contributed by atoms with E-state index in [1.165, 1.54) is 11.8 Å². The van der Waals surface area contributed by atoms with Crippen LogP contribution in [-0.2, 0) is 11.2 Å². The van der Waals surface area contributed by atoms with Crippen molar-refractivity contribution in [2.45, 2.75) is 25.4 Å². The Balaban J connectivity index is 1.82. The lowest BCUT2D eigenvalue weighted by Crippen LogP contribution is -2.27. The number of anilines is 1. The third-order valence-corrected chi connectivity index (χ3v) is 4.55. The second-order valence-electron chi connectivity index (χ2n) is 5.21. The van der Waals surface area contributed by atoms with E-state index in [0.29, 0.717) is 23.3 Å². The highest BCUT2D eigenvalue weighted by molar-refractivity contribution is 7.99. The smallest absolute Gasteiger partial charge is 0.230 e. The summed E-state index contributed by atoms with van der Waals surface area (Å²) >= 11 is 7.36. The van der Waals surface area contributed by atoms with Crippen LogP contribution in [0.3, 0.4) is 0 Å². The average Bonchev–Trinajstić information content (AvgIpc) is 2.62. The van der Waals surface area contributed by atoms with Crippen molar-refractivity contribution in [3.05, 3.63) is 41.3 Å². The van der Waals surface area contributed by atoms with Crippen LogP contribution in [-0.4, -0.2) is 46.2 Å². The fraction of sp³-hybridized carbons (Fsp3) is 0.412. The molecule has 2 rings (SSSR count). The molecule has 0 saturated heterocycles. The standard InChI is InChI=1S/C17H22ClN5OS/c1-3-23(4-2)15-11-14(18)21-17(22-15)25-12-16(24)20-10-8-13-7-5-6-9-19-13/h5-7,9,11H,3-4,8,10,12H2,1-2H3,(H,20,24). The van der Waals surface area contributed by atoms with Crippen LogP contribution >= 0.6 is 23.4 Å². The van der Waals surface area contributed by atoms with Crippen molar-refractivity contribution in [1.29, 1.82) is 0 Å². The minimum atomic E-state index is -0.0612. The van der Waals surface area contributed by atoms with Gasteiger partial charge < -0.3 is 10.2 Å². The van der Waals surface area contributed by atoms with Crippen molar-refractivity contribution >= 4 is 35.1 Å². The molecule has 0 aliphatic rings. The highest BCUT2D eigenvalue weighted by Crippen LogP contribution is 2.21. The molecule has 2 aromatic heterocycles. The Kier molecular flexibility index (Phi) is 7.94. The zero-order valence-corrected chi connectivity index (χ0v) is 16.0. The molecule has 0 unspecified atom stereocenters. The maximum atomic E-state index is 12.0. The first kappa shape index (κ1) is 19.5. The third-order valence-electron chi connectivity index (χ3n) is 3.51. The zero-order chi connectivity index (χ0) is 18.1. The van der Waals surface area contributed by atoms with Crippen LogP contribution in [0.2, 0.25) is 5.15 Å². The number of halogens is 1. The maximum absolute atomic E-state index is 12.0. The van der Waals surface area contributed by atoms with Gasteiger partial charge in [-0.15, -0.1) is 0 Å². The molecule has 0 bridgehead atoms. The molecule has 0 radical (unpaired) electrons. The van der Waals surface area contributed by atoms with Crippen LogP contribution in [0.1, 0.15) is 19.5 Å². The molecule has 0 aliphatic heterocycles. The second-order valence-corrected chi connectivity index (χ2v) is 6.54. The number of carbonyl (C=O) groups excluding carboxylic acids is 1. The molecule has 0 atom stereocenters. The summed E-state index contributed by atoms with van der Waals surface area (Å²) in [5.74, 6) is 0.970. The Morgan fingerprint density at radius 2 is 2.08 bits per heavy atom. The van der Waals surface area contributed by atoms with Crippen LogP contribution in [0.5, 0.6) is 0 Å². The summed E-state index contributed by atoms with van der Waals surface area (Å²) in [7, 11) is 0. The van der Waals surface area contributed by atoms with Crippen molar-refractivity contribution in [2.75, 3.05) is 30.3 Å². The van der Waals surface area contributed by atoms with Gasteiger partial charge in [-0.25, -0.2) is 9.97 Å². The molecule has 0 spiro atoms. The number of nitrogens with zero attached hydrogens (tertiary/aromatic N) is 4. The van der Waals surface area contributed by atoms with Gasteiger partial charge in [-0.1, -0.05) is 29.4 Å². The molecule has 0 fully saturated rings. The molecule has 0 saturated carbocycles. The van der Waals surface area contributed by atoms with Crippen molar-refractivity contribution in [3.8, 4) is 0 Å². The minimum Gasteiger partial charge on any atom is -0.357 e. The Morgan fingerprint density at radius 3 is 2.76 bits per heavy atom. The lowest BCUT2D eigenvalue weighted by atomic mass is 10.3. The predicted molar refractivity (Wildman–Crippen MR) is 102 cm³/mol. The van der Waals surface area contributed by atoms with Crippen LogP contribution in [0.25, 0.3) is 0 Å². The zero-order valence-electron chi connectivity index (χ0n) is 14.4. The Hall–Kier alpha value is -1.86. The molecule has 134 valence electrons. The van der Waals surface area contributed by atoms with Gasteiger partial charge in [0.1, 0.15) is 11.0 Å². The Labute approximate surface area is 157 Å². The molecule has 1 N–H and O–H groups in total. The normalized spacial score (nSPS) is 10.5. The molecule has 8 heteroatoms. The number of hydrogen-bond acceptors (Lipinski definition) is 6. The van der Waals surface area contributed by atoms with Crippen molar-refractivity contribution in [2.24, 2.45) is 0 Å². The number of amides is 1. The summed E-state index contributed by atoms with van der Waals surface area (Å²) in [6, 6.07) is 7.49. The summed E-state index contributed by atoms with van der Waals surface area (Å²) in [5, 5.41) is 3.77. The predicted octanol–water partition coefficient (Wildman–Crippen LogP) is 2.82. The Morgan fingerprint density at radius 1 is 1.28 bits per heavy atom. The first-order valence-electron chi connectivity index (χ1n) is 8.21. The van der Waals surface area contributed by atoms with E-state index in [1.54, 1.807) is 12.3 Å². The van der Waals surface area contributed by atoms with E-state index in [-0.39, 0.29) is 11.7 Å². The van der Waals surface area contributed by atoms with Crippen LogP contribution in [0, 0.1) is 0 Å². The van der Waals surface area contributed by atoms with E-state index in [9.17, 15) is 4.79 Å². The molecule has 0 aliphatic carbocycles. The second kappa shape index (κ2) is 10.2. The van der Waals surface area contributed by atoms with E-state index < -0.39 is 0 Å². The van der Waals surface area contributed by atoms with Crippen molar-refractivity contribution < 1.29 is 4.79 Å². The largest absolute Gasteiger partial charge is 0.357 e. The van der Waals surface area contributed by atoms with Crippen LogP contribution in [0.15, 0.2) is 35.6 Å². The summed E-state index contributed by atoms with van der Waals surface area (Å²) in [6.07, 6.45) is 2.45. The van der Waals surface area contributed by atoms with Gasteiger partial charge in [0, 0.05) is 44.0 Å². The van der Waals surface area contributed by atoms with Crippen molar-refractivity contribution in [3.63, 3.8) is 0 Å². The molecular weight excluding hydrogens is 358 g/mol. The average molecular weight is 380 g/mol. The van der Waals surface area contributed by atoms with E-state index in [1.807, 2.05) is 18.2 Å². The topological polar surface area (TPSA) is 71.0 Å². The highest BCUT2D eigenvalue weighted by Gasteiger charge is 2.10. The van der Waals surface area contributed by atoms with E-state index >= 15 is 0 Å². The highest BCUT2D eigenvalue weighted by atomic mass is 35.5. The van der Waals surface area contributed by atoms with Crippen LogP contribution < -0.4 is 10.2 Å². The molecule has 6 nitrogen and oxygen atoms in total. The fourth-order valence-electron chi connectivity index (χ4n) is 2.22. The number of hydrogen-bond donors (Lipinski definition) is 1.